The summed E-state index contributed by atoms with van der Waals surface area (Å²) < 4.78 is 5.04. The summed E-state index contributed by atoms with van der Waals surface area (Å²) in [7, 11) is 1.62. The first kappa shape index (κ1) is 10.6. The molecule has 0 saturated carbocycles. The highest BCUT2D eigenvalue weighted by atomic mass is 16.5. The Hall–Kier alpha value is -1.51. The van der Waals surface area contributed by atoms with E-state index < -0.39 is 0 Å². The lowest BCUT2D eigenvalue weighted by Crippen LogP contribution is -2.21. The third-order valence-corrected chi connectivity index (χ3v) is 2.00. The van der Waals surface area contributed by atoms with E-state index in [0.29, 0.717) is 0 Å². The van der Waals surface area contributed by atoms with Crippen LogP contribution < -0.4 is 9.64 Å². The fourth-order valence-corrected chi connectivity index (χ4v) is 1.26. The summed E-state index contributed by atoms with van der Waals surface area (Å²) in [5.74, 6) is 0.802. The van der Waals surface area contributed by atoms with E-state index in [2.05, 4.69) is 0 Å². The number of carbonyl (C=O) groups excluding carboxylic acids is 1. The molecule has 0 atom stereocenters. The van der Waals surface area contributed by atoms with Gasteiger partial charge in [0.2, 0.25) is 6.41 Å². The van der Waals surface area contributed by atoms with Crippen LogP contribution in [-0.4, -0.2) is 20.1 Å². The van der Waals surface area contributed by atoms with Crippen molar-refractivity contribution in [2.75, 3.05) is 18.6 Å². The molecule has 1 aromatic carbocycles. The van der Waals surface area contributed by atoms with E-state index in [1.165, 1.54) is 0 Å². The lowest BCUT2D eigenvalue weighted by molar-refractivity contribution is -0.107. The molecule has 0 unspecified atom stereocenters. The Labute approximate surface area is 84.3 Å². The number of ether oxygens (including phenoxy) is 1. The van der Waals surface area contributed by atoms with Gasteiger partial charge in [0.15, 0.2) is 0 Å². The molecular formula is C11H15NO2. The first-order valence-electron chi connectivity index (χ1n) is 4.67. The van der Waals surface area contributed by atoms with Crippen molar-refractivity contribution in [3.8, 4) is 5.75 Å². The first-order valence-corrected chi connectivity index (χ1v) is 4.67. The van der Waals surface area contributed by atoms with Gasteiger partial charge >= 0.3 is 0 Å². The number of hydrogen-bond acceptors (Lipinski definition) is 2. The second-order valence-electron chi connectivity index (χ2n) is 3.00. The number of hydrogen-bond donors (Lipinski definition) is 0. The zero-order chi connectivity index (χ0) is 10.4. The Morgan fingerprint density at radius 1 is 1.36 bits per heavy atom. The predicted octanol–water partition coefficient (Wildman–Crippen LogP) is 2.07. The van der Waals surface area contributed by atoms with Crippen molar-refractivity contribution in [2.24, 2.45) is 0 Å². The molecule has 0 N–H and O–H groups in total. The third kappa shape index (κ3) is 2.49. The van der Waals surface area contributed by atoms with Crippen molar-refractivity contribution in [2.45, 2.75) is 13.3 Å². The van der Waals surface area contributed by atoms with Crippen molar-refractivity contribution in [1.29, 1.82) is 0 Å². The van der Waals surface area contributed by atoms with Gasteiger partial charge in [0.25, 0.3) is 0 Å². The lowest BCUT2D eigenvalue weighted by Gasteiger charge is -2.16. The second kappa shape index (κ2) is 5.27. The van der Waals surface area contributed by atoms with Crippen LogP contribution in [0.5, 0.6) is 5.75 Å². The van der Waals surface area contributed by atoms with E-state index in [9.17, 15) is 4.79 Å². The van der Waals surface area contributed by atoms with Crippen LogP contribution in [0.4, 0.5) is 5.69 Å². The van der Waals surface area contributed by atoms with E-state index in [0.717, 1.165) is 30.8 Å². The van der Waals surface area contributed by atoms with Crippen LogP contribution in [0.1, 0.15) is 13.3 Å². The van der Waals surface area contributed by atoms with Crippen molar-refractivity contribution in [3.63, 3.8) is 0 Å². The molecule has 1 amide bonds. The Kier molecular flexibility index (Phi) is 3.98. The molecule has 3 heteroatoms. The van der Waals surface area contributed by atoms with Crippen LogP contribution in [0.25, 0.3) is 0 Å². The highest BCUT2D eigenvalue weighted by Gasteiger charge is 2.02. The number of carbonyl (C=O) groups is 1. The molecule has 76 valence electrons. The number of benzene rings is 1. The van der Waals surface area contributed by atoms with Gasteiger partial charge in [-0.1, -0.05) is 6.92 Å². The fraction of sp³-hybridized carbons (Fsp3) is 0.364. The standard InChI is InChI=1S/C11H15NO2/c1-3-8-12(9-13)10-4-6-11(14-2)7-5-10/h4-7,9H,3,8H2,1-2H3. The van der Waals surface area contributed by atoms with Crippen LogP contribution >= 0.6 is 0 Å². The minimum Gasteiger partial charge on any atom is -0.497 e. The van der Waals surface area contributed by atoms with Gasteiger partial charge in [-0.2, -0.15) is 0 Å². The molecule has 0 bridgehead atoms. The van der Waals surface area contributed by atoms with E-state index in [-0.39, 0.29) is 0 Å². The molecule has 14 heavy (non-hydrogen) atoms. The maximum atomic E-state index is 10.7. The summed E-state index contributed by atoms with van der Waals surface area (Å²) >= 11 is 0. The topological polar surface area (TPSA) is 29.5 Å². The van der Waals surface area contributed by atoms with Crippen LogP contribution in [-0.2, 0) is 4.79 Å². The van der Waals surface area contributed by atoms with E-state index in [1.54, 1.807) is 12.0 Å². The van der Waals surface area contributed by atoms with E-state index in [4.69, 9.17) is 4.74 Å². The summed E-state index contributed by atoms with van der Waals surface area (Å²) in [6.45, 7) is 2.79. The molecule has 0 aliphatic heterocycles. The van der Waals surface area contributed by atoms with E-state index in [1.807, 2.05) is 31.2 Å². The number of amides is 1. The number of nitrogens with zero attached hydrogens (tertiary/aromatic N) is 1. The smallest absolute Gasteiger partial charge is 0.214 e. The summed E-state index contributed by atoms with van der Waals surface area (Å²) in [4.78, 5) is 12.4. The normalized spacial score (nSPS) is 9.57. The maximum Gasteiger partial charge on any atom is 0.214 e. The minimum atomic E-state index is 0.746. The van der Waals surface area contributed by atoms with Crippen LogP contribution in [0.3, 0.4) is 0 Å². The van der Waals surface area contributed by atoms with Gasteiger partial charge in [-0.15, -0.1) is 0 Å². The van der Waals surface area contributed by atoms with Crippen LogP contribution in [0, 0.1) is 0 Å². The zero-order valence-corrected chi connectivity index (χ0v) is 8.56. The highest BCUT2D eigenvalue weighted by molar-refractivity contribution is 5.75. The Morgan fingerprint density at radius 2 is 2.00 bits per heavy atom. The SMILES string of the molecule is CCCN(C=O)c1ccc(OC)cc1. The molecule has 0 saturated heterocycles. The largest absolute Gasteiger partial charge is 0.497 e. The van der Waals surface area contributed by atoms with Gasteiger partial charge in [-0.05, 0) is 30.7 Å². The maximum absolute atomic E-state index is 10.7. The van der Waals surface area contributed by atoms with Gasteiger partial charge in [0.1, 0.15) is 5.75 Å². The number of methoxy groups -OCH3 is 1. The monoisotopic (exact) mass is 193 g/mol. The summed E-state index contributed by atoms with van der Waals surface area (Å²) in [6, 6.07) is 7.45. The lowest BCUT2D eigenvalue weighted by atomic mass is 10.2. The van der Waals surface area contributed by atoms with Gasteiger partial charge < -0.3 is 9.64 Å². The average Bonchev–Trinajstić information content (AvgIpc) is 2.26. The Bertz CT molecular complexity index is 282. The molecule has 3 nitrogen and oxygen atoms in total. The molecule has 0 aliphatic rings. The molecule has 0 heterocycles. The third-order valence-electron chi connectivity index (χ3n) is 2.00. The highest BCUT2D eigenvalue weighted by Crippen LogP contribution is 2.18. The molecule has 0 aliphatic carbocycles. The number of anilines is 1. The predicted molar refractivity (Wildman–Crippen MR) is 56.7 cm³/mol. The fourth-order valence-electron chi connectivity index (χ4n) is 1.26. The molecule has 0 aromatic heterocycles. The molecular weight excluding hydrogens is 178 g/mol. The zero-order valence-electron chi connectivity index (χ0n) is 8.56. The van der Waals surface area contributed by atoms with Crippen molar-refractivity contribution in [3.05, 3.63) is 24.3 Å². The summed E-state index contributed by atoms with van der Waals surface area (Å²) in [5, 5.41) is 0. The Morgan fingerprint density at radius 3 is 2.43 bits per heavy atom. The molecule has 0 spiro atoms. The molecule has 0 fully saturated rings. The van der Waals surface area contributed by atoms with Gasteiger partial charge in [0.05, 0.1) is 7.11 Å². The van der Waals surface area contributed by atoms with Crippen LogP contribution in [0.2, 0.25) is 0 Å². The van der Waals surface area contributed by atoms with Crippen molar-refractivity contribution < 1.29 is 9.53 Å². The summed E-state index contributed by atoms with van der Waals surface area (Å²) in [5.41, 5.74) is 0.905. The molecule has 0 radical (unpaired) electrons. The van der Waals surface area contributed by atoms with E-state index >= 15 is 0 Å². The van der Waals surface area contributed by atoms with Gasteiger partial charge in [0, 0.05) is 12.2 Å². The van der Waals surface area contributed by atoms with Gasteiger partial charge in [-0.3, -0.25) is 4.79 Å². The van der Waals surface area contributed by atoms with Crippen molar-refractivity contribution >= 4 is 12.1 Å². The minimum absolute atomic E-state index is 0.746. The van der Waals surface area contributed by atoms with Crippen molar-refractivity contribution in [1.82, 2.24) is 0 Å². The van der Waals surface area contributed by atoms with Gasteiger partial charge in [-0.25, -0.2) is 0 Å². The van der Waals surface area contributed by atoms with Crippen LogP contribution in [0.15, 0.2) is 24.3 Å². The molecule has 1 aromatic rings. The summed E-state index contributed by atoms with van der Waals surface area (Å²) in [6.07, 6.45) is 1.80. The number of rotatable bonds is 5. The second-order valence-corrected chi connectivity index (χ2v) is 3.00. The quantitative estimate of drug-likeness (QED) is 0.670. The average molecular weight is 193 g/mol. The Balaban J connectivity index is 2.78. The first-order chi connectivity index (χ1) is 6.81. The molecule has 1 rings (SSSR count).